The molecule has 0 aliphatic carbocycles. The summed E-state index contributed by atoms with van der Waals surface area (Å²) in [5.74, 6) is -0.173. The molecule has 0 aliphatic heterocycles. The van der Waals surface area contributed by atoms with E-state index in [-0.39, 0.29) is 22.1 Å². The number of hydrogen-bond acceptors (Lipinski definition) is 4. The van der Waals surface area contributed by atoms with Gasteiger partial charge >= 0.3 is 0 Å². The number of nitrogens with one attached hydrogen (secondary N) is 2. The summed E-state index contributed by atoms with van der Waals surface area (Å²) >= 11 is 0. The van der Waals surface area contributed by atoms with Crippen LogP contribution in [-0.2, 0) is 16.6 Å². The molecule has 24 heavy (non-hydrogen) atoms. The largest absolute Gasteiger partial charge is 0.495 e. The number of benzene rings is 2. The summed E-state index contributed by atoms with van der Waals surface area (Å²) in [4.78, 5) is 12.3. The van der Waals surface area contributed by atoms with E-state index in [0.717, 1.165) is 11.1 Å². The summed E-state index contributed by atoms with van der Waals surface area (Å²) in [5.41, 5.74) is 2.33. The van der Waals surface area contributed by atoms with Gasteiger partial charge in [0.25, 0.3) is 5.91 Å². The third-order valence-corrected chi connectivity index (χ3v) is 5.12. The third kappa shape index (κ3) is 3.93. The van der Waals surface area contributed by atoms with Crippen LogP contribution in [0.2, 0.25) is 0 Å². The molecule has 0 aromatic heterocycles. The highest BCUT2D eigenvalue weighted by molar-refractivity contribution is 7.89. The monoisotopic (exact) mass is 348 g/mol. The second-order valence-electron chi connectivity index (χ2n) is 5.18. The van der Waals surface area contributed by atoms with Crippen molar-refractivity contribution in [3.8, 4) is 5.75 Å². The summed E-state index contributed by atoms with van der Waals surface area (Å²) in [6.07, 6.45) is 0. The second-order valence-corrected chi connectivity index (χ2v) is 7.04. The molecule has 0 bridgehead atoms. The zero-order valence-corrected chi connectivity index (χ0v) is 14.6. The van der Waals surface area contributed by atoms with Crippen molar-refractivity contribution >= 4 is 15.9 Å². The standard InChI is InChI=1S/C17H20N2O4S/c1-12-6-4-5-7-14(12)11-19-17(20)13-8-9-15(23-3)16(10-13)24(21,22)18-2/h4-10,18H,11H2,1-3H3,(H,19,20). The minimum atomic E-state index is -3.73. The Kier molecular flexibility index (Phi) is 5.58. The molecule has 0 saturated heterocycles. The van der Waals surface area contributed by atoms with Crippen molar-refractivity contribution in [2.45, 2.75) is 18.4 Å². The van der Waals surface area contributed by atoms with Crippen LogP contribution in [0, 0.1) is 6.92 Å². The predicted octanol–water partition coefficient (Wildman–Crippen LogP) is 1.84. The molecular weight excluding hydrogens is 328 g/mol. The molecule has 0 unspecified atom stereocenters. The van der Waals surface area contributed by atoms with Crippen molar-refractivity contribution in [1.29, 1.82) is 0 Å². The maximum absolute atomic E-state index is 12.3. The highest BCUT2D eigenvalue weighted by atomic mass is 32.2. The van der Waals surface area contributed by atoms with Crippen LogP contribution in [-0.4, -0.2) is 28.5 Å². The van der Waals surface area contributed by atoms with Gasteiger partial charge in [-0.3, -0.25) is 4.79 Å². The Hall–Kier alpha value is -2.38. The molecule has 0 heterocycles. The number of rotatable bonds is 6. The average molecular weight is 348 g/mol. The van der Waals surface area contributed by atoms with Crippen LogP contribution in [0.3, 0.4) is 0 Å². The molecule has 0 fully saturated rings. The molecule has 7 heteroatoms. The van der Waals surface area contributed by atoms with Crippen LogP contribution in [0.1, 0.15) is 21.5 Å². The topological polar surface area (TPSA) is 84.5 Å². The van der Waals surface area contributed by atoms with Gasteiger partial charge in [0.2, 0.25) is 10.0 Å². The first kappa shape index (κ1) is 18.0. The molecule has 0 spiro atoms. The van der Waals surface area contributed by atoms with E-state index < -0.39 is 10.0 Å². The van der Waals surface area contributed by atoms with E-state index in [0.29, 0.717) is 6.54 Å². The Morgan fingerprint density at radius 3 is 2.50 bits per heavy atom. The molecule has 1 amide bonds. The first-order valence-corrected chi connectivity index (χ1v) is 8.81. The summed E-state index contributed by atoms with van der Waals surface area (Å²) in [6.45, 7) is 2.33. The first-order valence-electron chi connectivity index (χ1n) is 7.33. The molecule has 2 N–H and O–H groups in total. The molecule has 6 nitrogen and oxygen atoms in total. The van der Waals surface area contributed by atoms with Crippen molar-refractivity contribution in [3.05, 3.63) is 59.2 Å². The van der Waals surface area contributed by atoms with Crippen molar-refractivity contribution in [2.75, 3.05) is 14.2 Å². The van der Waals surface area contributed by atoms with Gasteiger partial charge in [-0.2, -0.15) is 0 Å². The van der Waals surface area contributed by atoms with E-state index in [9.17, 15) is 13.2 Å². The van der Waals surface area contributed by atoms with Crippen molar-refractivity contribution in [1.82, 2.24) is 10.0 Å². The number of methoxy groups -OCH3 is 1. The number of ether oxygens (including phenoxy) is 1. The lowest BCUT2D eigenvalue weighted by Gasteiger charge is -2.12. The van der Waals surface area contributed by atoms with Crippen molar-refractivity contribution < 1.29 is 17.9 Å². The molecular formula is C17H20N2O4S. The quantitative estimate of drug-likeness (QED) is 0.834. The fourth-order valence-electron chi connectivity index (χ4n) is 2.22. The number of aryl methyl sites for hydroxylation is 1. The average Bonchev–Trinajstić information content (AvgIpc) is 2.60. The number of hydrogen-bond donors (Lipinski definition) is 2. The molecule has 2 rings (SSSR count). The van der Waals surface area contributed by atoms with E-state index in [4.69, 9.17) is 4.74 Å². The van der Waals surface area contributed by atoms with Crippen molar-refractivity contribution in [3.63, 3.8) is 0 Å². The highest BCUT2D eigenvalue weighted by Gasteiger charge is 2.20. The minimum Gasteiger partial charge on any atom is -0.495 e. The molecule has 0 atom stereocenters. The van der Waals surface area contributed by atoms with Gasteiger partial charge in [-0.1, -0.05) is 24.3 Å². The Balaban J connectivity index is 2.24. The van der Waals surface area contributed by atoms with Gasteiger partial charge in [0.1, 0.15) is 10.6 Å². The zero-order valence-electron chi connectivity index (χ0n) is 13.8. The molecule has 0 saturated carbocycles. The maximum Gasteiger partial charge on any atom is 0.251 e. The van der Waals surface area contributed by atoms with Gasteiger partial charge in [-0.05, 0) is 43.3 Å². The fourth-order valence-corrected chi connectivity index (χ4v) is 3.14. The third-order valence-electron chi connectivity index (χ3n) is 3.68. The van der Waals surface area contributed by atoms with E-state index in [1.807, 2.05) is 31.2 Å². The lowest BCUT2D eigenvalue weighted by molar-refractivity contribution is 0.0950. The van der Waals surface area contributed by atoms with E-state index in [1.165, 1.54) is 32.4 Å². The molecule has 0 aliphatic rings. The van der Waals surface area contributed by atoms with Crippen LogP contribution < -0.4 is 14.8 Å². The van der Waals surface area contributed by atoms with Gasteiger partial charge in [-0.25, -0.2) is 13.1 Å². The Morgan fingerprint density at radius 1 is 1.17 bits per heavy atom. The second kappa shape index (κ2) is 7.46. The van der Waals surface area contributed by atoms with Crippen LogP contribution in [0.4, 0.5) is 0 Å². The van der Waals surface area contributed by atoms with Gasteiger partial charge in [-0.15, -0.1) is 0 Å². The summed E-state index contributed by atoms with van der Waals surface area (Å²) < 4.78 is 31.4. The van der Waals surface area contributed by atoms with Crippen LogP contribution in [0.5, 0.6) is 5.75 Å². The van der Waals surface area contributed by atoms with Crippen LogP contribution in [0.15, 0.2) is 47.4 Å². The fraction of sp³-hybridized carbons (Fsp3) is 0.235. The number of carbonyl (C=O) groups is 1. The lowest BCUT2D eigenvalue weighted by atomic mass is 10.1. The van der Waals surface area contributed by atoms with Gasteiger partial charge in [0.15, 0.2) is 0 Å². The number of amides is 1. The summed E-state index contributed by atoms with van der Waals surface area (Å²) in [5, 5.41) is 2.80. The van der Waals surface area contributed by atoms with Gasteiger partial charge in [0, 0.05) is 12.1 Å². The lowest BCUT2D eigenvalue weighted by Crippen LogP contribution is -2.24. The van der Waals surface area contributed by atoms with E-state index >= 15 is 0 Å². The highest BCUT2D eigenvalue weighted by Crippen LogP contribution is 2.24. The first-order chi connectivity index (χ1) is 11.4. The molecule has 2 aromatic carbocycles. The molecule has 2 aromatic rings. The maximum atomic E-state index is 12.3. The summed E-state index contributed by atoms with van der Waals surface area (Å²) in [7, 11) is -1.04. The molecule has 128 valence electrons. The SMILES string of the molecule is CNS(=O)(=O)c1cc(C(=O)NCc2ccccc2C)ccc1OC. The van der Waals surface area contributed by atoms with E-state index in [1.54, 1.807) is 0 Å². The zero-order chi connectivity index (χ0) is 17.7. The number of carbonyl (C=O) groups excluding carboxylic acids is 1. The summed E-state index contributed by atoms with van der Waals surface area (Å²) in [6, 6.07) is 12.0. The predicted molar refractivity (Wildman–Crippen MR) is 91.6 cm³/mol. The van der Waals surface area contributed by atoms with E-state index in [2.05, 4.69) is 10.0 Å². The normalized spacial score (nSPS) is 11.1. The Morgan fingerprint density at radius 2 is 1.88 bits per heavy atom. The number of sulfonamides is 1. The minimum absolute atomic E-state index is 0.0731. The van der Waals surface area contributed by atoms with Gasteiger partial charge < -0.3 is 10.1 Å². The Bertz CT molecular complexity index is 847. The van der Waals surface area contributed by atoms with Gasteiger partial charge in [0.05, 0.1) is 7.11 Å². The molecule has 0 radical (unpaired) electrons. The van der Waals surface area contributed by atoms with Crippen LogP contribution in [0.25, 0.3) is 0 Å². The Labute approximate surface area is 141 Å². The smallest absolute Gasteiger partial charge is 0.251 e. The van der Waals surface area contributed by atoms with Crippen LogP contribution >= 0.6 is 0 Å². The van der Waals surface area contributed by atoms with Crippen molar-refractivity contribution in [2.24, 2.45) is 0 Å².